The Morgan fingerprint density at radius 2 is 1.17 bits per heavy atom. The van der Waals surface area contributed by atoms with Crippen LogP contribution in [0, 0.1) is 0 Å². The van der Waals surface area contributed by atoms with Crippen molar-refractivity contribution in [3.05, 3.63) is 145 Å². The Labute approximate surface area is 279 Å². The van der Waals surface area contributed by atoms with Crippen LogP contribution in [0.4, 0.5) is 0 Å². The predicted octanol–water partition coefficient (Wildman–Crippen LogP) is 11.1. The van der Waals surface area contributed by atoms with Crippen LogP contribution >= 0.6 is 0 Å². The highest BCUT2D eigenvalue weighted by Gasteiger charge is 2.49. The van der Waals surface area contributed by atoms with Crippen LogP contribution in [0.1, 0.15) is 65.0 Å². The summed E-state index contributed by atoms with van der Waals surface area (Å²) in [6.07, 6.45) is 2.83. The molecule has 0 spiro atoms. The van der Waals surface area contributed by atoms with Crippen LogP contribution in [-0.4, -0.2) is 9.78 Å². The average Bonchev–Trinajstić information content (AvgIpc) is 3.53. The Morgan fingerprint density at radius 1 is 0.638 bits per heavy atom. The molecule has 2 heterocycles. The minimum absolute atomic E-state index is 0.0395. The molecule has 0 N–H and O–H groups in total. The normalized spacial score (nSPS) is 13.7. The van der Waals surface area contributed by atoms with Crippen LogP contribution in [0.15, 0.2) is 134 Å². The highest BCUT2D eigenvalue weighted by molar-refractivity contribution is 5.86. The molecule has 0 unspecified atom stereocenters. The topological polar surface area (TPSA) is 21.7 Å². The van der Waals surface area contributed by atoms with E-state index in [-0.39, 0.29) is 11.0 Å². The van der Waals surface area contributed by atoms with Gasteiger partial charge in [-0.15, -0.1) is 0 Å². The van der Waals surface area contributed by atoms with Crippen molar-refractivity contribution in [3.63, 3.8) is 0 Å². The third kappa shape index (κ3) is 4.88. The Bertz CT molecular complexity index is 2080. The fourth-order valence-electron chi connectivity index (χ4n) is 7.37. The first-order chi connectivity index (χ1) is 22.8. The molecule has 0 bridgehead atoms. The van der Waals surface area contributed by atoms with Crippen LogP contribution in [0.25, 0.3) is 56.3 Å². The van der Waals surface area contributed by atoms with Gasteiger partial charge in [0.25, 0.3) is 5.82 Å². The predicted molar refractivity (Wildman–Crippen MR) is 196 cm³/mol. The van der Waals surface area contributed by atoms with E-state index < -0.39 is 0 Å². The minimum Gasteiger partial charge on any atom is -0.189 e. The van der Waals surface area contributed by atoms with Crippen molar-refractivity contribution in [2.24, 2.45) is 0 Å². The van der Waals surface area contributed by atoms with Gasteiger partial charge in [-0.2, -0.15) is 4.57 Å². The number of benzene rings is 5. The van der Waals surface area contributed by atoms with E-state index in [1.165, 1.54) is 27.8 Å². The van der Waals surface area contributed by atoms with Crippen LogP contribution in [-0.2, 0) is 11.0 Å². The smallest absolute Gasteiger partial charge is 0.189 e. The largest absolute Gasteiger partial charge is 0.314 e. The van der Waals surface area contributed by atoms with Gasteiger partial charge in [0.1, 0.15) is 11.2 Å². The summed E-state index contributed by atoms with van der Waals surface area (Å²) in [7, 11) is 0. The lowest BCUT2D eigenvalue weighted by atomic mass is 9.77. The molecule has 0 radical (unpaired) electrons. The van der Waals surface area contributed by atoms with E-state index in [0.29, 0.717) is 0 Å². The molecule has 47 heavy (non-hydrogen) atoms. The summed E-state index contributed by atoms with van der Waals surface area (Å²) in [6, 6.07) is 46.0. The SMILES string of the molecule is C=C1c2ccccc2-c2n(nc(-c3ccccc3-c3ccccc3)[n+]2-c2ccc(C(C)(C)CC)cc2-c2ccccc2)C1(CC)CC. The molecule has 1 aromatic heterocycles. The van der Waals surface area contributed by atoms with Gasteiger partial charge in [-0.25, -0.2) is 0 Å². The summed E-state index contributed by atoms with van der Waals surface area (Å²) in [5.41, 5.74) is 11.4. The lowest BCUT2D eigenvalue weighted by Crippen LogP contribution is -2.42. The van der Waals surface area contributed by atoms with Gasteiger partial charge in [0, 0.05) is 10.7 Å². The lowest BCUT2D eigenvalue weighted by molar-refractivity contribution is -0.572. The number of hydrogen-bond acceptors (Lipinski definition) is 1. The van der Waals surface area contributed by atoms with Crippen LogP contribution in [0.3, 0.4) is 0 Å². The van der Waals surface area contributed by atoms with Crippen LogP contribution in [0.2, 0.25) is 0 Å². The van der Waals surface area contributed by atoms with Crippen molar-refractivity contribution in [2.75, 3.05) is 0 Å². The zero-order chi connectivity index (χ0) is 32.8. The molecule has 6 aromatic rings. The molecule has 5 aromatic carbocycles. The molecule has 0 saturated heterocycles. The fourth-order valence-corrected chi connectivity index (χ4v) is 7.37. The average molecular weight is 615 g/mol. The zero-order valence-electron chi connectivity index (χ0n) is 28.3. The van der Waals surface area contributed by atoms with Crippen molar-refractivity contribution in [2.45, 2.75) is 64.8 Å². The number of nitrogens with zero attached hydrogens (tertiary/aromatic N) is 3. The molecule has 1 aliphatic heterocycles. The molecule has 0 amide bonds. The van der Waals surface area contributed by atoms with Crippen molar-refractivity contribution in [3.8, 4) is 50.7 Å². The number of fused-ring (bicyclic) bond motifs is 3. The Morgan fingerprint density at radius 3 is 1.77 bits per heavy atom. The molecular formula is C44H44N3+. The number of hydrogen-bond donors (Lipinski definition) is 0. The Balaban J connectivity index is 1.65. The summed E-state index contributed by atoms with van der Waals surface area (Å²) < 4.78 is 4.76. The van der Waals surface area contributed by atoms with Gasteiger partial charge in [0.05, 0.1) is 11.1 Å². The molecule has 1 aliphatic rings. The highest BCUT2D eigenvalue weighted by atomic mass is 15.4. The van der Waals surface area contributed by atoms with E-state index in [4.69, 9.17) is 11.7 Å². The Hall–Kier alpha value is -5.02. The first-order valence-corrected chi connectivity index (χ1v) is 17.0. The van der Waals surface area contributed by atoms with E-state index in [2.05, 4.69) is 171 Å². The number of aromatic nitrogens is 3. The minimum atomic E-state index is -0.359. The van der Waals surface area contributed by atoms with Gasteiger partial charge in [0.2, 0.25) is 0 Å². The monoisotopic (exact) mass is 614 g/mol. The molecule has 0 aliphatic carbocycles. The van der Waals surface area contributed by atoms with E-state index in [1.54, 1.807) is 0 Å². The van der Waals surface area contributed by atoms with Gasteiger partial charge in [0.15, 0.2) is 0 Å². The van der Waals surface area contributed by atoms with Gasteiger partial charge < -0.3 is 0 Å². The molecule has 3 nitrogen and oxygen atoms in total. The van der Waals surface area contributed by atoms with Crippen molar-refractivity contribution >= 4 is 5.57 Å². The first kappa shape index (κ1) is 30.6. The van der Waals surface area contributed by atoms with Crippen molar-refractivity contribution in [1.29, 1.82) is 0 Å². The van der Waals surface area contributed by atoms with Crippen LogP contribution in [0.5, 0.6) is 0 Å². The second-order valence-electron chi connectivity index (χ2n) is 13.4. The number of rotatable bonds is 8. The lowest BCUT2D eigenvalue weighted by Gasteiger charge is -2.34. The summed E-state index contributed by atoms with van der Waals surface area (Å²) in [5, 5.41) is 5.67. The molecule has 7 rings (SSSR count). The maximum atomic E-state index is 5.67. The third-order valence-corrected chi connectivity index (χ3v) is 10.7. The summed E-state index contributed by atoms with van der Waals surface area (Å²) in [6.45, 7) is 16.2. The van der Waals surface area contributed by atoms with E-state index >= 15 is 0 Å². The van der Waals surface area contributed by atoms with Crippen molar-refractivity contribution < 1.29 is 4.57 Å². The first-order valence-electron chi connectivity index (χ1n) is 17.0. The molecule has 0 saturated carbocycles. The molecule has 0 fully saturated rings. The summed E-state index contributed by atoms with van der Waals surface area (Å²) in [4.78, 5) is 0. The van der Waals surface area contributed by atoms with Gasteiger partial charge >= 0.3 is 5.82 Å². The van der Waals surface area contributed by atoms with E-state index in [9.17, 15) is 0 Å². The zero-order valence-corrected chi connectivity index (χ0v) is 28.3. The summed E-state index contributed by atoms with van der Waals surface area (Å²) >= 11 is 0. The van der Waals surface area contributed by atoms with Gasteiger partial charge in [-0.1, -0.05) is 149 Å². The van der Waals surface area contributed by atoms with E-state index in [0.717, 1.165) is 58.9 Å². The second kappa shape index (κ2) is 12.0. The van der Waals surface area contributed by atoms with Gasteiger partial charge in [-0.3, -0.25) is 0 Å². The maximum Gasteiger partial charge on any atom is 0.314 e. The molecule has 234 valence electrons. The molecule has 3 heteroatoms. The third-order valence-electron chi connectivity index (χ3n) is 10.7. The maximum absolute atomic E-state index is 5.67. The van der Waals surface area contributed by atoms with Gasteiger partial charge in [-0.05, 0) is 82.3 Å². The van der Waals surface area contributed by atoms with Crippen LogP contribution < -0.4 is 4.57 Å². The molecular weight excluding hydrogens is 571 g/mol. The van der Waals surface area contributed by atoms with Crippen molar-refractivity contribution in [1.82, 2.24) is 9.78 Å². The highest BCUT2D eigenvalue weighted by Crippen LogP contribution is 2.48. The fraction of sp³-hybridized carbons (Fsp3) is 0.227. The standard InChI is InChI=1S/C44H44N3/c1-7-43(5,6)34-28-29-40(39(30-34)33-22-14-11-15-23-33)46-41(37-26-18-17-25-36(37)32-20-12-10-13-21-32)45-47-42(46)38-27-19-16-24-35(38)31(4)44(47,8-2)9-3/h10-30H,4,7-9H2,1-3,5-6H3/q+1. The number of allylic oxidation sites excluding steroid dienone is 1. The van der Waals surface area contributed by atoms with E-state index in [1.807, 2.05) is 0 Å². The molecule has 0 atom stereocenters. The summed E-state index contributed by atoms with van der Waals surface area (Å²) in [5.74, 6) is 2.02. The second-order valence-corrected chi connectivity index (χ2v) is 13.4. The Kier molecular flexibility index (Phi) is 7.80. The quantitative estimate of drug-likeness (QED) is 0.156.